The summed E-state index contributed by atoms with van der Waals surface area (Å²) in [6.45, 7) is 8.27. The molecule has 0 aliphatic heterocycles. The lowest BCUT2D eigenvalue weighted by Gasteiger charge is -2.31. The maximum atomic E-state index is 13.2. The second kappa shape index (κ2) is 12.0. The highest BCUT2D eigenvalue weighted by Crippen LogP contribution is 2.23. The average Bonchev–Trinajstić information content (AvgIpc) is 2.74. The van der Waals surface area contributed by atoms with E-state index in [0.717, 1.165) is 16.9 Å². The molecule has 0 aromatic heterocycles. The number of hydrogen-bond donors (Lipinski definition) is 1. The lowest BCUT2D eigenvalue weighted by Crippen LogP contribution is -2.51. The van der Waals surface area contributed by atoms with Gasteiger partial charge in [0.2, 0.25) is 11.8 Å². The van der Waals surface area contributed by atoms with Gasteiger partial charge in [0.15, 0.2) is 0 Å². The Balaban J connectivity index is 2.21. The first-order chi connectivity index (χ1) is 14.3. The van der Waals surface area contributed by atoms with Gasteiger partial charge in [-0.05, 0) is 50.5 Å². The number of thioether (sulfide) groups is 1. The molecule has 0 aliphatic rings. The standard InChI is InChI=1S/C24H31ClN2O2S/c1-5-18(4)26-24(29)22(6-2)27(15-19-9-7-8-10-21(19)25)23(28)16-30-20-13-11-17(3)12-14-20/h7-14,18,22H,5-6,15-16H2,1-4H3,(H,26,29)/t18-,22-/m1/s1. The molecule has 0 radical (unpaired) electrons. The third-order valence-electron chi connectivity index (χ3n) is 5.07. The molecular weight excluding hydrogens is 416 g/mol. The molecule has 0 fully saturated rings. The van der Waals surface area contributed by atoms with Crippen molar-refractivity contribution < 1.29 is 9.59 Å². The summed E-state index contributed by atoms with van der Waals surface area (Å²) in [4.78, 5) is 28.9. The topological polar surface area (TPSA) is 49.4 Å². The Morgan fingerprint density at radius 1 is 1.07 bits per heavy atom. The molecule has 2 rings (SSSR count). The van der Waals surface area contributed by atoms with E-state index in [1.54, 1.807) is 11.0 Å². The maximum Gasteiger partial charge on any atom is 0.243 e. The molecule has 2 amide bonds. The van der Waals surface area contributed by atoms with E-state index in [1.165, 1.54) is 17.3 Å². The van der Waals surface area contributed by atoms with Crippen molar-refractivity contribution in [1.82, 2.24) is 10.2 Å². The van der Waals surface area contributed by atoms with Crippen molar-refractivity contribution >= 4 is 35.2 Å². The van der Waals surface area contributed by atoms with E-state index in [4.69, 9.17) is 11.6 Å². The van der Waals surface area contributed by atoms with E-state index in [-0.39, 0.29) is 23.6 Å². The molecule has 1 N–H and O–H groups in total. The molecule has 4 nitrogen and oxygen atoms in total. The molecule has 0 saturated heterocycles. The lowest BCUT2D eigenvalue weighted by atomic mass is 10.1. The van der Waals surface area contributed by atoms with Gasteiger partial charge in [0, 0.05) is 22.5 Å². The first kappa shape index (κ1) is 24.3. The highest BCUT2D eigenvalue weighted by Gasteiger charge is 2.29. The van der Waals surface area contributed by atoms with Crippen LogP contribution >= 0.6 is 23.4 Å². The van der Waals surface area contributed by atoms with Gasteiger partial charge in [0.1, 0.15) is 6.04 Å². The van der Waals surface area contributed by atoms with Crippen LogP contribution in [-0.2, 0) is 16.1 Å². The molecule has 2 aromatic carbocycles. The Morgan fingerprint density at radius 3 is 2.33 bits per heavy atom. The van der Waals surface area contributed by atoms with E-state index < -0.39 is 6.04 Å². The first-order valence-corrected chi connectivity index (χ1v) is 11.7. The van der Waals surface area contributed by atoms with Gasteiger partial charge in [0.25, 0.3) is 0 Å². The van der Waals surface area contributed by atoms with Gasteiger partial charge in [-0.25, -0.2) is 0 Å². The minimum atomic E-state index is -0.540. The summed E-state index contributed by atoms with van der Waals surface area (Å²) in [6.07, 6.45) is 1.37. The molecule has 0 bridgehead atoms. The van der Waals surface area contributed by atoms with Crippen LogP contribution in [0.15, 0.2) is 53.4 Å². The second-order valence-electron chi connectivity index (χ2n) is 7.46. The minimum absolute atomic E-state index is 0.0609. The van der Waals surface area contributed by atoms with E-state index in [2.05, 4.69) is 5.32 Å². The Labute approximate surface area is 189 Å². The largest absolute Gasteiger partial charge is 0.352 e. The van der Waals surface area contributed by atoms with Crippen molar-refractivity contribution in [2.24, 2.45) is 0 Å². The van der Waals surface area contributed by atoms with Crippen molar-refractivity contribution in [1.29, 1.82) is 0 Å². The fourth-order valence-corrected chi connectivity index (χ4v) is 4.01. The van der Waals surface area contributed by atoms with Crippen molar-refractivity contribution in [3.63, 3.8) is 0 Å². The highest BCUT2D eigenvalue weighted by molar-refractivity contribution is 8.00. The first-order valence-electron chi connectivity index (χ1n) is 10.4. The molecule has 0 aliphatic carbocycles. The quantitative estimate of drug-likeness (QED) is 0.493. The fourth-order valence-electron chi connectivity index (χ4n) is 3.03. The predicted molar refractivity (Wildman–Crippen MR) is 126 cm³/mol. The number of benzene rings is 2. The van der Waals surface area contributed by atoms with Gasteiger partial charge >= 0.3 is 0 Å². The molecule has 0 unspecified atom stereocenters. The van der Waals surface area contributed by atoms with E-state index in [1.807, 2.05) is 70.2 Å². The van der Waals surface area contributed by atoms with Crippen molar-refractivity contribution in [2.45, 2.75) is 64.1 Å². The molecule has 6 heteroatoms. The Hall–Kier alpha value is -1.98. The van der Waals surface area contributed by atoms with Gasteiger partial charge < -0.3 is 10.2 Å². The van der Waals surface area contributed by atoms with Crippen LogP contribution in [0.25, 0.3) is 0 Å². The summed E-state index contributed by atoms with van der Waals surface area (Å²) in [7, 11) is 0. The van der Waals surface area contributed by atoms with Crippen LogP contribution in [0, 0.1) is 6.92 Å². The number of halogens is 1. The van der Waals surface area contributed by atoms with Crippen molar-refractivity contribution in [2.75, 3.05) is 5.75 Å². The average molecular weight is 447 g/mol. The van der Waals surface area contributed by atoms with Crippen molar-refractivity contribution in [3.8, 4) is 0 Å². The summed E-state index contributed by atoms with van der Waals surface area (Å²) in [5, 5.41) is 3.62. The maximum absolute atomic E-state index is 13.2. The van der Waals surface area contributed by atoms with Gasteiger partial charge in [-0.15, -0.1) is 11.8 Å². The number of carbonyl (C=O) groups is 2. The van der Waals surface area contributed by atoms with Crippen molar-refractivity contribution in [3.05, 3.63) is 64.7 Å². The van der Waals surface area contributed by atoms with E-state index in [0.29, 0.717) is 18.0 Å². The smallest absolute Gasteiger partial charge is 0.243 e. The molecule has 2 aromatic rings. The van der Waals surface area contributed by atoms with Crippen LogP contribution in [0.2, 0.25) is 5.02 Å². The SMILES string of the molecule is CC[C@@H](C)NC(=O)[C@@H](CC)N(Cc1ccccc1Cl)C(=O)CSc1ccc(C)cc1. The van der Waals surface area contributed by atoms with E-state index >= 15 is 0 Å². The number of carbonyl (C=O) groups excluding carboxylic acids is 2. The normalized spacial score (nSPS) is 12.8. The monoisotopic (exact) mass is 446 g/mol. The number of aryl methyl sites for hydroxylation is 1. The number of hydrogen-bond acceptors (Lipinski definition) is 3. The number of nitrogens with one attached hydrogen (secondary N) is 1. The van der Waals surface area contributed by atoms with Gasteiger partial charge in [-0.2, -0.15) is 0 Å². The summed E-state index contributed by atoms with van der Waals surface area (Å²) >= 11 is 7.83. The van der Waals surface area contributed by atoms with Gasteiger partial charge in [0.05, 0.1) is 5.75 Å². The molecule has 0 heterocycles. The zero-order chi connectivity index (χ0) is 22.1. The minimum Gasteiger partial charge on any atom is -0.352 e. The van der Waals surface area contributed by atoms with Crippen LogP contribution < -0.4 is 5.32 Å². The molecule has 162 valence electrons. The summed E-state index contributed by atoms with van der Waals surface area (Å²) in [6, 6.07) is 15.1. The van der Waals surface area contributed by atoms with Crippen LogP contribution in [0.4, 0.5) is 0 Å². The number of nitrogens with zero attached hydrogens (tertiary/aromatic N) is 1. The van der Waals surface area contributed by atoms with Crippen LogP contribution in [0.5, 0.6) is 0 Å². The fraction of sp³-hybridized carbons (Fsp3) is 0.417. The molecular formula is C24H31ClN2O2S. The molecule has 30 heavy (non-hydrogen) atoms. The molecule has 0 spiro atoms. The second-order valence-corrected chi connectivity index (χ2v) is 8.91. The van der Waals surface area contributed by atoms with Gasteiger partial charge in [-0.1, -0.05) is 61.3 Å². The summed E-state index contributed by atoms with van der Waals surface area (Å²) < 4.78 is 0. The Kier molecular flexibility index (Phi) is 9.73. The molecule has 0 saturated carbocycles. The highest BCUT2D eigenvalue weighted by atomic mass is 35.5. The summed E-state index contributed by atoms with van der Waals surface area (Å²) in [5.74, 6) is 0.0694. The Bertz CT molecular complexity index is 841. The zero-order valence-electron chi connectivity index (χ0n) is 18.2. The third kappa shape index (κ3) is 7.06. The van der Waals surface area contributed by atoms with Gasteiger partial charge in [-0.3, -0.25) is 9.59 Å². The summed E-state index contributed by atoms with van der Waals surface area (Å²) in [5.41, 5.74) is 2.02. The third-order valence-corrected chi connectivity index (χ3v) is 6.43. The number of amides is 2. The number of rotatable bonds is 10. The van der Waals surface area contributed by atoms with Crippen LogP contribution in [-0.4, -0.2) is 34.6 Å². The zero-order valence-corrected chi connectivity index (χ0v) is 19.7. The molecule has 2 atom stereocenters. The van der Waals surface area contributed by atoms with Crippen LogP contribution in [0.3, 0.4) is 0 Å². The predicted octanol–water partition coefficient (Wildman–Crippen LogP) is 5.46. The van der Waals surface area contributed by atoms with Crippen LogP contribution in [0.1, 0.15) is 44.7 Å². The van der Waals surface area contributed by atoms with E-state index in [9.17, 15) is 9.59 Å². The lowest BCUT2D eigenvalue weighted by molar-refractivity contribution is -0.139. The Morgan fingerprint density at radius 2 is 1.73 bits per heavy atom.